The third kappa shape index (κ3) is 5.01. The minimum atomic E-state index is -0.549. The van der Waals surface area contributed by atoms with Gasteiger partial charge in [-0.25, -0.2) is 4.39 Å². The number of nitrogens with two attached hydrogens (primary N) is 1. The zero-order valence-electron chi connectivity index (χ0n) is 13.9. The van der Waals surface area contributed by atoms with Crippen molar-refractivity contribution in [2.75, 3.05) is 19.7 Å². The summed E-state index contributed by atoms with van der Waals surface area (Å²) in [5.74, 6) is 0.0631. The van der Waals surface area contributed by atoms with Crippen molar-refractivity contribution in [2.24, 2.45) is 5.73 Å². The number of amides is 1. The number of ether oxygens (including phenoxy) is 2. The maximum Gasteiger partial charge on any atom is 0.247 e. The largest absolute Gasteiger partial charge is 0.489 e. The van der Waals surface area contributed by atoms with Crippen molar-refractivity contribution in [1.29, 1.82) is 0 Å². The molecule has 2 aromatic rings. The van der Waals surface area contributed by atoms with Gasteiger partial charge < -0.3 is 15.2 Å². The van der Waals surface area contributed by atoms with Crippen LogP contribution in [0.5, 0.6) is 5.75 Å². The van der Waals surface area contributed by atoms with E-state index in [1.807, 2.05) is 24.3 Å². The lowest BCUT2D eigenvalue weighted by Crippen LogP contribution is -2.47. The molecule has 6 heteroatoms. The number of rotatable bonds is 6. The van der Waals surface area contributed by atoms with Gasteiger partial charge in [-0.3, -0.25) is 9.69 Å². The van der Waals surface area contributed by atoms with Gasteiger partial charge in [0.1, 0.15) is 24.3 Å². The number of halogens is 1. The predicted molar refractivity (Wildman–Crippen MR) is 91.4 cm³/mol. The molecule has 0 aliphatic carbocycles. The molecule has 1 fully saturated rings. The van der Waals surface area contributed by atoms with E-state index in [4.69, 9.17) is 15.2 Å². The van der Waals surface area contributed by atoms with Crippen LogP contribution in [0.2, 0.25) is 0 Å². The molecule has 5 nitrogen and oxygen atoms in total. The first-order chi connectivity index (χ1) is 12.1. The van der Waals surface area contributed by atoms with Crippen LogP contribution in [0.4, 0.5) is 4.39 Å². The zero-order valence-corrected chi connectivity index (χ0v) is 13.9. The van der Waals surface area contributed by atoms with E-state index in [1.165, 1.54) is 12.1 Å². The molecule has 0 aromatic heterocycles. The zero-order chi connectivity index (χ0) is 17.6. The number of carbonyl (C=O) groups excluding carboxylic acids is 1. The Kier molecular flexibility index (Phi) is 5.63. The highest BCUT2D eigenvalue weighted by atomic mass is 19.1. The Balaban J connectivity index is 1.57. The highest BCUT2D eigenvalue weighted by molar-refractivity contribution is 5.79. The van der Waals surface area contributed by atoms with Crippen LogP contribution in [-0.4, -0.2) is 36.6 Å². The van der Waals surface area contributed by atoms with Crippen molar-refractivity contribution in [1.82, 2.24) is 4.90 Å². The smallest absolute Gasteiger partial charge is 0.247 e. The average Bonchev–Trinajstić information content (AvgIpc) is 2.62. The second kappa shape index (κ2) is 8.09. The van der Waals surface area contributed by atoms with E-state index in [-0.39, 0.29) is 5.82 Å². The Morgan fingerprint density at radius 3 is 2.80 bits per heavy atom. The Labute approximate surface area is 146 Å². The fourth-order valence-corrected chi connectivity index (χ4v) is 2.76. The predicted octanol–water partition coefficient (Wildman–Crippen LogP) is 2.09. The molecule has 3 rings (SSSR count). The van der Waals surface area contributed by atoms with E-state index in [0.29, 0.717) is 26.3 Å². The molecular formula is C19H21FN2O3. The molecule has 2 N–H and O–H groups in total. The Hall–Kier alpha value is -2.44. The Morgan fingerprint density at radius 2 is 2.04 bits per heavy atom. The van der Waals surface area contributed by atoms with Gasteiger partial charge in [-0.2, -0.15) is 0 Å². The summed E-state index contributed by atoms with van der Waals surface area (Å²) in [4.78, 5) is 13.4. The summed E-state index contributed by atoms with van der Waals surface area (Å²) in [5, 5.41) is 0. The van der Waals surface area contributed by atoms with Crippen molar-refractivity contribution in [3.8, 4) is 5.75 Å². The van der Waals surface area contributed by atoms with Gasteiger partial charge in [0.25, 0.3) is 0 Å². The van der Waals surface area contributed by atoms with Gasteiger partial charge in [0.2, 0.25) is 5.91 Å². The van der Waals surface area contributed by atoms with Crippen molar-refractivity contribution in [2.45, 2.75) is 19.3 Å². The summed E-state index contributed by atoms with van der Waals surface area (Å²) in [6.45, 7) is 2.82. The minimum absolute atomic E-state index is 0.259. The van der Waals surface area contributed by atoms with Crippen LogP contribution < -0.4 is 10.5 Å². The second-order valence-corrected chi connectivity index (χ2v) is 6.06. The average molecular weight is 344 g/mol. The number of hydrogen-bond donors (Lipinski definition) is 1. The molecule has 0 spiro atoms. The van der Waals surface area contributed by atoms with E-state index in [2.05, 4.69) is 4.90 Å². The van der Waals surface area contributed by atoms with E-state index in [0.717, 1.165) is 23.4 Å². The van der Waals surface area contributed by atoms with Crippen LogP contribution >= 0.6 is 0 Å². The summed E-state index contributed by atoms with van der Waals surface area (Å²) >= 11 is 0. The molecule has 1 aliphatic heterocycles. The van der Waals surface area contributed by atoms with Gasteiger partial charge in [-0.15, -0.1) is 0 Å². The highest BCUT2D eigenvalue weighted by Gasteiger charge is 2.24. The Bertz CT molecular complexity index is 721. The first-order valence-corrected chi connectivity index (χ1v) is 8.19. The number of hydrogen-bond acceptors (Lipinski definition) is 4. The SMILES string of the molecule is NC(=O)[C@H]1CN(Cc2cccc(OCc3ccc(F)cc3)c2)CCO1. The van der Waals surface area contributed by atoms with E-state index >= 15 is 0 Å². The van der Waals surface area contributed by atoms with Crippen LogP contribution in [0.3, 0.4) is 0 Å². The standard InChI is InChI=1S/C19H21FN2O3/c20-16-6-4-14(5-7-16)13-25-17-3-1-2-15(10-17)11-22-8-9-24-18(12-22)19(21)23/h1-7,10,18H,8-9,11-13H2,(H2,21,23)/t18-/m1/s1. The molecule has 0 radical (unpaired) electrons. The first-order valence-electron chi connectivity index (χ1n) is 8.19. The summed E-state index contributed by atoms with van der Waals surface area (Å²) in [6.07, 6.45) is -0.549. The second-order valence-electron chi connectivity index (χ2n) is 6.06. The maximum atomic E-state index is 12.9. The van der Waals surface area contributed by atoms with Crippen LogP contribution in [0.1, 0.15) is 11.1 Å². The lowest BCUT2D eigenvalue weighted by molar-refractivity contribution is -0.135. The van der Waals surface area contributed by atoms with Crippen molar-refractivity contribution in [3.05, 3.63) is 65.5 Å². The van der Waals surface area contributed by atoms with Gasteiger partial charge >= 0.3 is 0 Å². The third-order valence-electron chi connectivity index (χ3n) is 4.09. The normalized spacial score (nSPS) is 18.0. The summed E-state index contributed by atoms with van der Waals surface area (Å²) in [6, 6.07) is 14.1. The molecular weight excluding hydrogens is 323 g/mol. The van der Waals surface area contributed by atoms with E-state index < -0.39 is 12.0 Å². The summed E-state index contributed by atoms with van der Waals surface area (Å²) < 4.78 is 24.1. The van der Waals surface area contributed by atoms with E-state index in [1.54, 1.807) is 12.1 Å². The number of nitrogens with zero attached hydrogens (tertiary/aromatic N) is 1. The lowest BCUT2D eigenvalue weighted by atomic mass is 10.1. The molecule has 132 valence electrons. The molecule has 1 heterocycles. The highest BCUT2D eigenvalue weighted by Crippen LogP contribution is 2.18. The fourth-order valence-electron chi connectivity index (χ4n) is 2.76. The summed E-state index contributed by atoms with van der Waals surface area (Å²) in [5.41, 5.74) is 7.31. The molecule has 1 atom stereocenters. The number of benzene rings is 2. The summed E-state index contributed by atoms with van der Waals surface area (Å²) in [7, 11) is 0. The minimum Gasteiger partial charge on any atom is -0.489 e. The third-order valence-corrected chi connectivity index (χ3v) is 4.09. The van der Waals surface area contributed by atoms with Gasteiger partial charge in [0.05, 0.1) is 6.61 Å². The molecule has 0 saturated carbocycles. The lowest BCUT2D eigenvalue weighted by Gasteiger charge is -2.31. The molecule has 1 saturated heterocycles. The monoisotopic (exact) mass is 344 g/mol. The number of primary amides is 1. The van der Waals surface area contributed by atoms with Crippen LogP contribution in [0.15, 0.2) is 48.5 Å². The molecule has 2 aromatic carbocycles. The van der Waals surface area contributed by atoms with Gasteiger partial charge in [-0.05, 0) is 35.4 Å². The van der Waals surface area contributed by atoms with Crippen LogP contribution in [-0.2, 0) is 22.7 Å². The van der Waals surface area contributed by atoms with Crippen molar-refractivity contribution in [3.63, 3.8) is 0 Å². The van der Waals surface area contributed by atoms with E-state index in [9.17, 15) is 9.18 Å². The fraction of sp³-hybridized carbons (Fsp3) is 0.316. The quantitative estimate of drug-likeness (QED) is 0.871. The van der Waals surface area contributed by atoms with Gasteiger partial charge in [-0.1, -0.05) is 24.3 Å². The number of carbonyl (C=O) groups is 1. The molecule has 0 bridgehead atoms. The van der Waals surface area contributed by atoms with Crippen molar-refractivity contribution >= 4 is 5.91 Å². The number of morpholine rings is 1. The maximum absolute atomic E-state index is 12.9. The Morgan fingerprint density at radius 1 is 1.24 bits per heavy atom. The van der Waals surface area contributed by atoms with Gasteiger partial charge in [0.15, 0.2) is 0 Å². The first kappa shape index (κ1) is 17.4. The topological polar surface area (TPSA) is 64.8 Å². The molecule has 25 heavy (non-hydrogen) atoms. The van der Waals surface area contributed by atoms with Crippen LogP contribution in [0, 0.1) is 5.82 Å². The van der Waals surface area contributed by atoms with Crippen LogP contribution in [0.25, 0.3) is 0 Å². The molecule has 1 amide bonds. The van der Waals surface area contributed by atoms with Crippen molar-refractivity contribution < 1.29 is 18.7 Å². The van der Waals surface area contributed by atoms with Gasteiger partial charge in [0, 0.05) is 19.6 Å². The molecule has 0 unspecified atom stereocenters. The molecule has 1 aliphatic rings.